The first-order chi connectivity index (χ1) is 11.2. The van der Waals surface area contributed by atoms with Gasteiger partial charge in [0.1, 0.15) is 6.54 Å². The van der Waals surface area contributed by atoms with Gasteiger partial charge in [-0.05, 0) is 17.7 Å². The van der Waals surface area contributed by atoms with Gasteiger partial charge in [-0.1, -0.05) is 23.7 Å². The Morgan fingerprint density at radius 1 is 1.13 bits per heavy atom. The predicted molar refractivity (Wildman–Crippen MR) is 87.1 cm³/mol. The molecule has 0 saturated heterocycles. The molecule has 3 rings (SSSR count). The van der Waals surface area contributed by atoms with Gasteiger partial charge in [-0.25, -0.2) is 9.97 Å². The topological polar surface area (TPSA) is 64.7 Å². The van der Waals surface area contributed by atoms with Crippen LogP contribution in [0.2, 0.25) is 5.02 Å². The number of halogens is 1. The molecule has 0 aliphatic rings. The molecule has 0 saturated carbocycles. The van der Waals surface area contributed by atoms with Crippen LogP contribution in [0.4, 0.5) is 0 Å². The van der Waals surface area contributed by atoms with Crippen molar-refractivity contribution in [1.82, 2.24) is 24.4 Å². The van der Waals surface area contributed by atoms with Crippen molar-refractivity contribution in [2.45, 2.75) is 12.6 Å². The first-order valence-electron chi connectivity index (χ1n) is 7.18. The van der Waals surface area contributed by atoms with Crippen LogP contribution in [-0.2, 0) is 11.3 Å². The molecular weight excluding hydrogens is 314 g/mol. The quantitative estimate of drug-likeness (QED) is 0.753. The minimum atomic E-state index is -0.0675. The highest BCUT2D eigenvalue weighted by atomic mass is 35.5. The third-order valence-corrected chi connectivity index (χ3v) is 3.77. The number of nitrogens with zero attached hydrogens (tertiary/aromatic N) is 4. The average Bonchev–Trinajstić information content (AvgIpc) is 3.23. The lowest BCUT2D eigenvalue weighted by Crippen LogP contribution is -2.33. The molecule has 2 aromatic heterocycles. The second-order valence-electron chi connectivity index (χ2n) is 5.12. The molecule has 1 unspecified atom stereocenters. The first kappa shape index (κ1) is 15.3. The van der Waals surface area contributed by atoms with Gasteiger partial charge in [-0.3, -0.25) is 4.79 Å². The number of nitrogens with one attached hydrogen (secondary N) is 1. The molecule has 0 radical (unpaired) electrons. The smallest absolute Gasteiger partial charge is 0.240 e. The number of amides is 1. The summed E-state index contributed by atoms with van der Waals surface area (Å²) >= 11 is 5.95. The van der Waals surface area contributed by atoms with Crippen molar-refractivity contribution in [3.8, 4) is 0 Å². The van der Waals surface area contributed by atoms with E-state index in [0.717, 1.165) is 5.56 Å². The lowest BCUT2D eigenvalue weighted by atomic mass is 10.1. The molecule has 1 N–H and O–H groups in total. The van der Waals surface area contributed by atoms with Gasteiger partial charge in [-0.2, -0.15) is 0 Å². The number of rotatable bonds is 6. The predicted octanol–water partition coefficient (Wildman–Crippen LogP) is 2.14. The van der Waals surface area contributed by atoms with Crippen LogP contribution in [0.5, 0.6) is 0 Å². The van der Waals surface area contributed by atoms with Gasteiger partial charge in [0.25, 0.3) is 0 Å². The average molecular weight is 330 g/mol. The van der Waals surface area contributed by atoms with E-state index in [1.807, 2.05) is 35.0 Å². The molecule has 0 bridgehead atoms. The Labute approximate surface area is 138 Å². The number of hydrogen-bond donors (Lipinski definition) is 1. The summed E-state index contributed by atoms with van der Waals surface area (Å²) in [5.74, 6) is -0.0675. The number of aromatic nitrogens is 4. The Kier molecular flexibility index (Phi) is 4.73. The van der Waals surface area contributed by atoms with Crippen LogP contribution in [0.1, 0.15) is 11.6 Å². The summed E-state index contributed by atoms with van der Waals surface area (Å²) in [5, 5.41) is 3.64. The molecule has 1 aromatic carbocycles. The van der Waals surface area contributed by atoms with E-state index in [9.17, 15) is 4.79 Å². The zero-order valence-electron chi connectivity index (χ0n) is 12.3. The minimum absolute atomic E-state index is 0.0403. The summed E-state index contributed by atoms with van der Waals surface area (Å²) in [6.45, 7) is 0.711. The highest BCUT2D eigenvalue weighted by Gasteiger charge is 2.14. The van der Waals surface area contributed by atoms with Crippen LogP contribution in [0.25, 0.3) is 0 Å². The third kappa shape index (κ3) is 3.98. The maximum Gasteiger partial charge on any atom is 0.240 e. The third-order valence-electron chi connectivity index (χ3n) is 3.52. The van der Waals surface area contributed by atoms with Crippen LogP contribution >= 0.6 is 11.6 Å². The summed E-state index contributed by atoms with van der Waals surface area (Å²) in [5.41, 5.74) is 1.05. The van der Waals surface area contributed by atoms with Gasteiger partial charge in [-0.15, -0.1) is 0 Å². The maximum atomic E-state index is 12.1. The fourth-order valence-corrected chi connectivity index (χ4v) is 2.47. The fraction of sp³-hybridized carbons (Fsp3) is 0.188. The van der Waals surface area contributed by atoms with Gasteiger partial charge >= 0.3 is 0 Å². The second-order valence-corrected chi connectivity index (χ2v) is 5.55. The lowest BCUT2D eigenvalue weighted by Gasteiger charge is -2.20. The largest absolute Gasteiger partial charge is 0.352 e. The maximum absolute atomic E-state index is 12.1. The molecule has 1 atom stereocenters. The Hall–Kier alpha value is -2.60. The van der Waals surface area contributed by atoms with Crippen molar-refractivity contribution in [3.05, 3.63) is 72.3 Å². The second kappa shape index (κ2) is 7.11. The van der Waals surface area contributed by atoms with Crippen LogP contribution in [0.3, 0.4) is 0 Å². The molecular formula is C16H16ClN5O. The fourth-order valence-electron chi connectivity index (χ4n) is 2.35. The van der Waals surface area contributed by atoms with Crippen molar-refractivity contribution in [2.24, 2.45) is 0 Å². The number of carbonyl (C=O) groups excluding carboxylic acids is 1. The number of benzene rings is 1. The minimum Gasteiger partial charge on any atom is -0.352 e. The Bertz CT molecular complexity index is 737. The summed E-state index contributed by atoms with van der Waals surface area (Å²) in [6.07, 6.45) is 10.4. The molecule has 0 aliphatic carbocycles. The van der Waals surface area contributed by atoms with Gasteiger partial charge in [0.05, 0.1) is 18.7 Å². The van der Waals surface area contributed by atoms with E-state index in [1.54, 1.807) is 35.8 Å². The number of carbonyl (C=O) groups is 1. The number of imidazole rings is 2. The molecule has 0 aliphatic heterocycles. The summed E-state index contributed by atoms with van der Waals surface area (Å²) in [7, 11) is 0. The van der Waals surface area contributed by atoms with E-state index in [0.29, 0.717) is 11.6 Å². The Morgan fingerprint density at radius 3 is 2.52 bits per heavy atom. The van der Waals surface area contributed by atoms with Gasteiger partial charge in [0, 0.05) is 36.4 Å². The first-order valence-corrected chi connectivity index (χ1v) is 7.55. The van der Waals surface area contributed by atoms with Crippen LogP contribution in [0.15, 0.2) is 61.7 Å². The normalized spacial score (nSPS) is 12.0. The molecule has 3 aromatic rings. The van der Waals surface area contributed by atoms with Crippen LogP contribution in [0, 0.1) is 0 Å². The molecule has 0 fully saturated rings. The molecule has 0 spiro atoms. The van der Waals surface area contributed by atoms with Crippen molar-refractivity contribution in [3.63, 3.8) is 0 Å². The van der Waals surface area contributed by atoms with Gasteiger partial charge in [0.2, 0.25) is 5.91 Å². The molecule has 6 nitrogen and oxygen atoms in total. The van der Waals surface area contributed by atoms with Crippen molar-refractivity contribution >= 4 is 17.5 Å². The molecule has 118 valence electrons. The van der Waals surface area contributed by atoms with Crippen molar-refractivity contribution in [2.75, 3.05) is 6.54 Å². The summed E-state index contributed by atoms with van der Waals surface area (Å²) in [4.78, 5) is 20.1. The van der Waals surface area contributed by atoms with Gasteiger partial charge in [0.15, 0.2) is 0 Å². The monoisotopic (exact) mass is 329 g/mol. The molecule has 2 heterocycles. The zero-order valence-corrected chi connectivity index (χ0v) is 13.1. The lowest BCUT2D eigenvalue weighted by molar-refractivity contribution is -0.121. The van der Waals surface area contributed by atoms with Crippen LogP contribution in [-0.4, -0.2) is 31.6 Å². The SMILES string of the molecule is O=C(Cn1ccnc1)NCC(c1ccc(Cl)cc1)n1ccnc1. The van der Waals surface area contributed by atoms with Crippen molar-refractivity contribution in [1.29, 1.82) is 0 Å². The highest BCUT2D eigenvalue weighted by molar-refractivity contribution is 6.30. The van der Waals surface area contributed by atoms with E-state index < -0.39 is 0 Å². The van der Waals surface area contributed by atoms with E-state index in [2.05, 4.69) is 15.3 Å². The molecule has 23 heavy (non-hydrogen) atoms. The Morgan fingerprint density at radius 2 is 1.87 bits per heavy atom. The van der Waals surface area contributed by atoms with E-state index in [1.165, 1.54) is 0 Å². The van der Waals surface area contributed by atoms with Gasteiger partial charge < -0.3 is 14.5 Å². The standard InChI is InChI=1S/C16H16ClN5O/c17-14-3-1-13(2-4-14)15(22-8-6-19-12-22)9-20-16(23)10-21-7-5-18-11-21/h1-8,11-12,15H,9-10H2,(H,20,23). The molecule has 7 heteroatoms. The molecule has 1 amide bonds. The van der Waals surface area contributed by atoms with Crippen molar-refractivity contribution < 1.29 is 4.79 Å². The summed E-state index contributed by atoms with van der Waals surface area (Å²) in [6, 6.07) is 7.55. The summed E-state index contributed by atoms with van der Waals surface area (Å²) < 4.78 is 3.69. The number of hydrogen-bond acceptors (Lipinski definition) is 3. The zero-order chi connectivity index (χ0) is 16.1. The Balaban J connectivity index is 1.69. The van der Waals surface area contributed by atoms with E-state index in [-0.39, 0.29) is 18.5 Å². The van der Waals surface area contributed by atoms with Crippen LogP contribution < -0.4 is 5.32 Å². The van der Waals surface area contributed by atoms with E-state index >= 15 is 0 Å². The van der Waals surface area contributed by atoms with E-state index in [4.69, 9.17) is 11.6 Å². The highest BCUT2D eigenvalue weighted by Crippen LogP contribution is 2.19.